The molecule has 0 aliphatic heterocycles. The molecule has 0 aromatic heterocycles. The zero-order valence-electron chi connectivity index (χ0n) is 14.5. The molecule has 142 valence electrons. The van der Waals surface area contributed by atoms with Gasteiger partial charge in [-0.1, -0.05) is 24.3 Å². The quantitative estimate of drug-likeness (QED) is 0.379. The molecule has 28 heavy (non-hydrogen) atoms. The standard InChI is InChI=1S/C20H16Br2N4O2/c21-15-5-1-3-7-17(15)24-19(27)26(14-11-9-13(23)10-12-14)20(28)25-18-8-4-2-6-16(18)22/h1-12H,23H2,(H,24,27)(H,25,28). The molecule has 8 heteroatoms. The second kappa shape index (κ2) is 8.90. The highest BCUT2D eigenvalue weighted by Gasteiger charge is 2.25. The Morgan fingerprint density at radius 3 is 1.57 bits per heavy atom. The van der Waals surface area contributed by atoms with E-state index >= 15 is 0 Å². The van der Waals surface area contributed by atoms with Crippen LogP contribution in [0.2, 0.25) is 0 Å². The van der Waals surface area contributed by atoms with Crippen molar-refractivity contribution in [1.29, 1.82) is 0 Å². The third kappa shape index (κ3) is 4.71. The first-order chi connectivity index (χ1) is 13.5. The van der Waals surface area contributed by atoms with Gasteiger partial charge in [0.25, 0.3) is 0 Å². The minimum atomic E-state index is -0.610. The summed E-state index contributed by atoms with van der Waals surface area (Å²) in [7, 11) is 0. The summed E-state index contributed by atoms with van der Waals surface area (Å²) >= 11 is 6.77. The number of nitrogens with zero attached hydrogens (tertiary/aromatic N) is 1. The number of amides is 4. The summed E-state index contributed by atoms with van der Waals surface area (Å²) < 4.78 is 1.40. The predicted molar refractivity (Wildman–Crippen MR) is 120 cm³/mol. The SMILES string of the molecule is Nc1ccc(N(C(=O)Nc2ccccc2Br)C(=O)Nc2ccccc2Br)cc1. The lowest BCUT2D eigenvalue weighted by molar-refractivity contribution is 0.246. The van der Waals surface area contributed by atoms with E-state index in [-0.39, 0.29) is 0 Å². The van der Waals surface area contributed by atoms with E-state index in [1.54, 1.807) is 60.7 Å². The van der Waals surface area contributed by atoms with Crippen molar-refractivity contribution in [3.8, 4) is 0 Å². The van der Waals surface area contributed by atoms with Crippen LogP contribution in [-0.4, -0.2) is 12.1 Å². The average molecular weight is 504 g/mol. The number of carbonyl (C=O) groups is 2. The van der Waals surface area contributed by atoms with Crippen molar-refractivity contribution in [1.82, 2.24) is 0 Å². The summed E-state index contributed by atoms with van der Waals surface area (Å²) in [6.07, 6.45) is 0. The average Bonchev–Trinajstić information content (AvgIpc) is 2.67. The molecule has 4 amide bonds. The molecule has 0 bridgehead atoms. The smallest absolute Gasteiger partial charge is 0.334 e. The molecule has 6 nitrogen and oxygen atoms in total. The summed E-state index contributed by atoms with van der Waals surface area (Å²) in [4.78, 5) is 26.9. The predicted octanol–water partition coefficient (Wildman–Crippen LogP) is 6.06. The topological polar surface area (TPSA) is 87.5 Å². The van der Waals surface area contributed by atoms with E-state index in [1.165, 1.54) is 0 Å². The summed E-state index contributed by atoms with van der Waals surface area (Å²) in [5, 5.41) is 5.48. The van der Waals surface area contributed by atoms with Crippen molar-refractivity contribution in [3.63, 3.8) is 0 Å². The molecule has 0 radical (unpaired) electrons. The van der Waals surface area contributed by atoms with Gasteiger partial charge in [-0.3, -0.25) is 0 Å². The van der Waals surface area contributed by atoms with E-state index in [0.717, 1.165) is 4.90 Å². The molecule has 3 rings (SSSR count). The number of halogens is 2. The van der Waals surface area contributed by atoms with Gasteiger partial charge in [0, 0.05) is 14.6 Å². The number of anilines is 4. The fourth-order valence-corrected chi connectivity index (χ4v) is 3.19. The van der Waals surface area contributed by atoms with Crippen LogP contribution in [0.3, 0.4) is 0 Å². The molecule has 0 fully saturated rings. The van der Waals surface area contributed by atoms with Crippen LogP contribution in [0, 0.1) is 0 Å². The Labute approximate surface area is 179 Å². The molecule has 0 saturated carbocycles. The first-order valence-electron chi connectivity index (χ1n) is 8.22. The van der Waals surface area contributed by atoms with Crippen LogP contribution in [0.1, 0.15) is 0 Å². The van der Waals surface area contributed by atoms with E-state index in [0.29, 0.717) is 31.7 Å². The summed E-state index contributed by atoms with van der Waals surface area (Å²) in [6.45, 7) is 0. The Kier molecular flexibility index (Phi) is 6.33. The molecule has 0 saturated heterocycles. The maximum atomic E-state index is 13.0. The molecule has 0 aliphatic carbocycles. The number of nitrogens with two attached hydrogens (primary N) is 1. The van der Waals surface area contributed by atoms with Crippen LogP contribution in [0.5, 0.6) is 0 Å². The Morgan fingerprint density at radius 2 is 1.14 bits per heavy atom. The summed E-state index contributed by atoms with van der Waals surface area (Å²) in [6, 6.07) is 19.5. The van der Waals surface area contributed by atoms with E-state index < -0.39 is 12.1 Å². The number of urea groups is 2. The molecular weight excluding hydrogens is 488 g/mol. The molecular formula is C20H16Br2N4O2. The van der Waals surface area contributed by atoms with Crippen LogP contribution in [0.25, 0.3) is 0 Å². The van der Waals surface area contributed by atoms with Gasteiger partial charge < -0.3 is 16.4 Å². The number of benzene rings is 3. The fraction of sp³-hybridized carbons (Fsp3) is 0. The maximum absolute atomic E-state index is 13.0. The molecule has 0 heterocycles. The second-order valence-corrected chi connectivity index (χ2v) is 7.46. The van der Waals surface area contributed by atoms with Crippen molar-refractivity contribution >= 4 is 66.7 Å². The first kappa shape index (κ1) is 19.9. The number of rotatable bonds is 3. The normalized spacial score (nSPS) is 10.2. The lowest BCUT2D eigenvalue weighted by atomic mass is 10.2. The third-order valence-electron chi connectivity index (χ3n) is 3.79. The van der Waals surface area contributed by atoms with Crippen LogP contribution in [-0.2, 0) is 0 Å². The Bertz CT molecular complexity index is 950. The maximum Gasteiger partial charge on any atom is 0.334 e. The summed E-state index contributed by atoms with van der Waals surface area (Å²) in [5.74, 6) is 0. The van der Waals surface area contributed by atoms with Gasteiger partial charge in [0.1, 0.15) is 0 Å². The molecule has 0 aliphatic rings. The van der Waals surface area contributed by atoms with Crippen molar-refractivity contribution in [3.05, 3.63) is 81.7 Å². The number of nitrogen functional groups attached to an aromatic ring is 1. The van der Waals surface area contributed by atoms with Gasteiger partial charge in [0.05, 0.1) is 17.1 Å². The number of para-hydroxylation sites is 2. The number of hydrogen-bond donors (Lipinski definition) is 3. The molecule has 4 N–H and O–H groups in total. The Balaban J connectivity index is 1.91. The van der Waals surface area contributed by atoms with Gasteiger partial charge in [-0.05, 0) is 80.4 Å². The molecule has 0 unspecified atom stereocenters. The lowest BCUT2D eigenvalue weighted by Gasteiger charge is -2.22. The van der Waals surface area contributed by atoms with Crippen molar-refractivity contribution < 1.29 is 9.59 Å². The first-order valence-corrected chi connectivity index (χ1v) is 9.81. The third-order valence-corrected chi connectivity index (χ3v) is 5.17. The minimum Gasteiger partial charge on any atom is -0.399 e. The zero-order valence-corrected chi connectivity index (χ0v) is 17.7. The van der Waals surface area contributed by atoms with Gasteiger partial charge in [-0.15, -0.1) is 0 Å². The van der Waals surface area contributed by atoms with Gasteiger partial charge >= 0.3 is 12.1 Å². The highest BCUT2D eigenvalue weighted by atomic mass is 79.9. The summed E-state index contributed by atoms with van der Waals surface area (Å²) in [5.41, 5.74) is 7.73. The van der Waals surface area contributed by atoms with Gasteiger partial charge in [0.15, 0.2) is 0 Å². The highest BCUT2D eigenvalue weighted by molar-refractivity contribution is 9.11. The van der Waals surface area contributed by atoms with Crippen LogP contribution < -0.4 is 21.3 Å². The lowest BCUT2D eigenvalue weighted by Crippen LogP contribution is -2.43. The monoisotopic (exact) mass is 502 g/mol. The highest BCUT2D eigenvalue weighted by Crippen LogP contribution is 2.26. The zero-order chi connectivity index (χ0) is 20.1. The Morgan fingerprint density at radius 1 is 0.714 bits per heavy atom. The van der Waals surface area contributed by atoms with Crippen molar-refractivity contribution in [2.24, 2.45) is 0 Å². The van der Waals surface area contributed by atoms with Crippen molar-refractivity contribution in [2.75, 3.05) is 21.3 Å². The van der Waals surface area contributed by atoms with Crippen molar-refractivity contribution in [2.45, 2.75) is 0 Å². The van der Waals surface area contributed by atoms with E-state index in [2.05, 4.69) is 42.5 Å². The van der Waals surface area contributed by atoms with Gasteiger partial charge in [-0.25, -0.2) is 14.5 Å². The second-order valence-electron chi connectivity index (χ2n) is 5.75. The minimum absolute atomic E-state index is 0.378. The number of imide groups is 1. The van der Waals surface area contributed by atoms with Crippen LogP contribution in [0.4, 0.5) is 32.3 Å². The van der Waals surface area contributed by atoms with Crippen LogP contribution >= 0.6 is 31.9 Å². The largest absolute Gasteiger partial charge is 0.399 e. The molecule has 0 atom stereocenters. The number of hydrogen-bond acceptors (Lipinski definition) is 3. The van der Waals surface area contributed by atoms with E-state index in [4.69, 9.17) is 5.73 Å². The van der Waals surface area contributed by atoms with E-state index in [1.807, 2.05) is 12.1 Å². The Hall–Kier alpha value is -2.84. The van der Waals surface area contributed by atoms with E-state index in [9.17, 15) is 9.59 Å². The van der Waals surface area contributed by atoms with Gasteiger partial charge in [-0.2, -0.15) is 0 Å². The molecule has 3 aromatic carbocycles. The molecule has 3 aromatic rings. The number of nitrogens with one attached hydrogen (secondary N) is 2. The fourth-order valence-electron chi connectivity index (χ4n) is 2.42. The van der Waals surface area contributed by atoms with Crippen LogP contribution in [0.15, 0.2) is 81.7 Å². The number of carbonyl (C=O) groups excluding carboxylic acids is 2. The molecule has 0 spiro atoms. The van der Waals surface area contributed by atoms with Gasteiger partial charge in [0.2, 0.25) is 0 Å².